The molecule has 2 heterocycles. The Morgan fingerprint density at radius 3 is 2.71 bits per heavy atom. The fraction of sp³-hybridized carbons (Fsp3) is 0.435. The van der Waals surface area contributed by atoms with Crippen LogP contribution in [0, 0.1) is 5.21 Å². The first-order valence-corrected chi connectivity index (χ1v) is 10.5. The van der Waals surface area contributed by atoms with Crippen molar-refractivity contribution in [3.05, 3.63) is 53.0 Å². The molecule has 1 aromatic heterocycles. The van der Waals surface area contributed by atoms with Crippen molar-refractivity contribution in [3.8, 4) is 11.5 Å². The quantitative estimate of drug-likeness (QED) is 0.710. The summed E-state index contributed by atoms with van der Waals surface area (Å²) >= 11 is 0. The van der Waals surface area contributed by atoms with Gasteiger partial charge in [-0.25, -0.2) is 0 Å². The lowest BCUT2D eigenvalue weighted by Gasteiger charge is -2.37. The average Bonchev–Trinajstić information content (AvgIpc) is 3.03. The van der Waals surface area contributed by atoms with Gasteiger partial charge in [0, 0.05) is 24.0 Å². The summed E-state index contributed by atoms with van der Waals surface area (Å²) in [5.74, 6) is -1.34. The lowest BCUT2D eigenvalue weighted by Crippen LogP contribution is -2.37. The van der Waals surface area contributed by atoms with Crippen LogP contribution in [0.25, 0.3) is 0 Å². The van der Waals surface area contributed by atoms with Crippen LogP contribution in [-0.2, 0) is 4.79 Å². The van der Waals surface area contributed by atoms with Crippen LogP contribution in [0.15, 0.2) is 36.7 Å². The van der Waals surface area contributed by atoms with Crippen molar-refractivity contribution in [2.75, 3.05) is 12.2 Å². The van der Waals surface area contributed by atoms with E-state index < -0.39 is 23.7 Å². The maximum Gasteiger partial charge on any atom is 0.304 e. The van der Waals surface area contributed by atoms with E-state index in [0.29, 0.717) is 22.1 Å². The zero-order chi connectivity index (χ0) is 22.0. The third kappa shape index (κ3) is 4.20. The molecule has 8 nitrogen and oxygen atoms in total. The average molecular weight is 425 g/mol. The van der Waals surface area contributed by atoms with Crippen LogP contribution >= 0.6 is 0 Å². The van der Waals surface area contributed by atoms with Crippen molar-refractivity contribution < 1.29 is 24.2 Å². The molecule has 0 saturated heterocycles. The highest BCUT2D eigenvalue weighted by molar-refractivity contribution is 6.11. The summed E-state index contributed by atoms with van der Waals surface area (Å²) < 4.78 is 11.6. The van der Waals surface area contributed by atoms with E-state index in [4.69, 9.17) is 9.47 Å². The Kier molecular flexibility index (Phi) is 6.08. The zero-order valence-corrected chi connectivity index (χ0v) is 17.3. The van der Waals surface area contributed by atoms with Crippen LogP contribution in [0.3, 0.4) is 0 Å². The van der Waals surface area contributed by atoms with Gasteiger partial charge in [0.1, 0.15) is 0 Å². The number of hydrogen-bond donors (Lipinski definition) is 1. The second-order valence-electron chi connectivity index (χ2n) is 8.02. The molecule has 8 heteroatoms. The molecule has 2 aliphatic rings. The Balaban J connectivity index is 1.65. The standard InChI is InChI=1S/C23H25N2O6/c1-30-20-11-14(7-8-19(20)31-15-5-3-2-4-6-15)16(12-21(26)27)22-23(28)17-13-24-10-9-18(17)25(22)29/h7-11,13,15-16,22H,2-6,12H2,1H3,(H,26,27)/q-1. The number of ketones is 1. The maximum absolute atomic E-state index is 13.0. The van der Waals surface area contributed by atoms with Gasteiger partial charge in [-0.3, -0.25) is 14.6 Å². The molecular formula is C23H25N2O6-. The number of aromatic nitrogens is 1. The molecule has 2 atom stereocenters. The van der Waals surface area contributed by atoms with Gasteiger partial charge >= 0.3 is 5.97 Å². The Hall–Kier alpha value is -3.13. The van der Waals surface area contributed by atoms with Crippen LogP contribution < -0.4 is 14.5 Å². The number of Topliss-reactive ketones (excluding diaryl/α,β-unsaturated/α-hetero) is 1. The van der Waals surface area contributed by atoms with Gasteiger partial charge in [0.05, 0.1) is 31.2 Å². The molecule has 0 amide bonds. The van der Waals surface area contributed by atoms with Crippen LogP contribution in [0.4, 0.5) is 5.69 Å². The van der Waals surface area contributed by atoms with Crippen molar-refractivity contribution in [3.63, 3.8) is 0 Å². The summed E-state index contributed by atoms with van der Waals surface area (Å²) in [5.41, 5.74) is 0.960. The van der Waals surface area contributed by atoms with E-state index in [9.17, 15) is 19.9 Å². The van der Waals surface area contributed by atoms with Gasteiger partial charge < -0.3 is 24.9 Å². The SMILES string of the molecule is COc1cc(C(CC(=O)O)C2C(=O)c3cnccc3N2[O-])ccc1OC1CCCCC1. The number of hydrogen-bond acceptors (Lipinski definition) is 7. The number of rotatable bonds is 7. The molecule has 4 rings (SSSR count). The van der Waals surface area contributed by atoms with Crippen molar-refractivity contribution >= 4 is 17.4 Å². The van der Waals surface area contributed by atoms with Crippen LogP contribution in [0.5, 0.6) is 11.5 Å². The number of ether oxygens (including phenoxy) is 2. The molecule has 2 unspecified atom stereocenters. The van der Waals surface area contributed by atoms with E-state index in [1.165, 1.54) is 32.0 Å². The highest BCUT2D eigenvalue weighted by Crippen LogP contribution is 2.41. The molecule has 0 radical (unpaired) electrons. The largest absolute Gasteiger partial charge is 0.758 e. The molecule has 164 valence electrons. The highest BCUT2D eigenvalue weighted by atomic mass is 16.5. The topological polar surface area (TPSA) is 112 Å². The first-order chi connectivity index (χ1) is 15.0. The lowest BCUT2D eigenvalue weighted by molar-refractivity contribution is -0.137. The summed E-state index contributed by atoms with van der Waals surface area (Å²) in [4.78, 5) is 28.5. The van der Waals surface area contributed by atoms with E-state index >= 15 is 0 Å². The number of fused-ring (bicyclic) bond motifs is 1. The second-order valence-corrected chi connectivity index (χ2v) is 8.02. The number of methoxy groups -OCH3 is 1. The summed E-state index contributed by atoms with van der Waals surface area (Å²) in [5, 5.41) is 23.0. The molecular weight excluding hydrogens is 400 g/mol. The predicted octanol–water partition coefficient (Wildman–Crippen LogP) is 3.93. The number of aliphatic carboxylic acids is 1. The molecule has 31 heavy (non-hydrogen) atoms. The van der Waals surface area contributed by atoms with Gasteiger partial charge in [-0.2, -0.15) is 0 Å². The minimum Gasteiger partial charge on any atom is -0.758 e. The molecule has 1 saturated carbocycles. The van der Waals surface area contributed by atoms with Gasteiger partial charge in [-0.1, -0.05) is 12.5 Å². The lowest BCUT2D eigenvalue weighted by atomic mass is 9.86. The Morgan fingerprint density at radius 2 is 2.03 bits per heavy atom. The molecule has 1 aromatic carbocycles. The molecule has 1 aliphatic heterocycles. The van der Waals surface area contributed by atoms with Crippen LogP contribution in [0.1, 0.15) is 60.4 Å². The third-order valence-corrected chi connectivity index (χ3v) is 6.06. The normalized spacial score (nSPS) is 19.7. The number of anilines is 1. The minimum absolute atomic E-state index is 0.124. The number of carboxylic acid groups (broad SMARTS) is 1. The fourth-order valence-electron chi connectivity index (χ4n) is 4.51. The van der Waals surface area contributed by atoms with Gasteiger partial charge in [0.2, 0.25) is 0 Å². The Labute approximate surface area is 180 Å². The highest BCUT2D eigenvalue weighted by Gasteiger charge is 2.40. The number of nitrogens with zero attached hydrogens (tertiary/aromatic N) is 2. The second kappa shape index (κ2) is 8.93. The molecule has 0 spiro atoms. The molecule has 2 aromatic rings. The third-order valence-electron chi connectivity index (χ3n) is 6.06. The number of benzene rings is 1. The molecule has 1 aliphatic carbocycles. The van der Waals surface area contributed by atoms with Crippen LogP contribution in [0.2, 0.25) is 0 Å². The van der Waals surface area contributed by atoms with Crippen molar-refractivity contribution in [2.24, 2.45) is 0 Å². The van der Waals surface area contributed by atoms with Crippen molar-refractivity contribution in [1.29, 1.82) is 0 Å². The summed E-state index contributed by atoms with van der Waals surface area (Å²) in [6.45, 7) is 0. The first-order valence-electron chi connectivity index (χ1n) is 10.5. The van der Waals surface area contributed by atoms with Crippen molar-refractivity contribution in [2.45, 2.75) is 56.6 Å². The van der Waals surface area contributed by atoms with Gasteiger partial charge in [0.15, 0.2) is 17.3 Å². The Morgan fingerprint density at radius 1 is 1.26 bits per heavy atom. The van der Waals surface area contributed by atoms with Gasteiger partial charge in [-0.05, 0) is 49.4 Å². The number of carbonyl (C=O) groups is 2. The smallest absolute Gasteiger partial charge is 0.304 e. The van der Waals surface area contributed by atoms with Crippen molar-refractivity contribution in [1.82, 2.24) is 4.98 Å². The summed E-state index contributed by atoms with van der Waals surface area (Å²) in [6.07, 6.45) is 7.98. The number of carboxylic acids is 1. The van der Waals surface area contributed by atoms with E-state index in [0.717, 1.165) is 25.7 Å². The Bertz CT molecular complexity index is 972. The molecule has 0 bridgehead atoms. The zero-order valence-electron chi connectivity index (χ0n) is 17.3. The number of hydroxylamine groups is 1. The number of pyridine rings is 1. The predicted molar refractivity (Wildman–Crippen MR) is 114 cm³/mol. The van der Waals surface area contributed by atoms with E-state index in [-0.39, 0.29) is 23.8 Å². The fourth-order valence-corrected chi connectivity index (χ4v) is 4.51. The number of carbonyl (C=O) groups excluding carboxylic acids is 1. The maximum atomic E-state index is 13.0. The molecule has 1 fully saturated rings. The van der Waals surface area contributed by atoms with E-state index in [1.807, 2.05) is 0 Å². The molecule has 1 N–H and O–H groups in total. The van der Waals surface area contributed by atoms with Crippen LogP contribution in [-0.4, -0.2) is 41.1 Å². The first kappa shape index (κ1) is 21.1. The van der Waals surface area contributed by atoms with Gasteiger partial charge in [0.25, 0.3) is 0 Å². The van der Waals surface area contributed by atoms with E-state index in [2.05, 4.69) is 4.98 Å². The summed E-state index contributed by atoms with van der Waals surface area (Å²) in [6, 6.07) is 5.43. The van der Waals surface area contributed by atoms with E-state index in [1.54, 1.807) is 18.2 Å². The minimum atomic E-state index is -1.18. The van der Waals surface area contributed by atoms with Gasteiger partial charge in [-0.15, -0.1) is 0 Å². The summed E-state index contributed by atoms with van der Waals surface area (Å²) in [7, 11) is 1.52. The monoisotopic (exact) mass is 425 g/mol.